The molecule has 3 rings (SSSR count). The van der Waals surface area contributed by atoms with E-state index in [1.165, 1.54) is 17.7 Å². The van der Waals surface area contributed by atoms with Crippen molar-refractivity contribution in [2.24, 2.45) is 0 Å². The molecule has 0 saturated heterocycles. The fourth-order valence-corrected chi connectivity index (χ4v) is 3.48. The molecule has 0 aliphatic heterocycles. The average molecular weight is 407 g/mol. The number of carboxylic acid groups (broad SMARTS) is 2. The van der Waals surface area contributed by atoms with E-state index in [1.54, 1.807) is 23.9 Å². The minimum absolute atomic E-state index is 0.106. The molecular weight excluding hydrogens is 390 g/mol. The van der Waals surface area contributed by atoms with E-state index in [-0.39, 0.29) is 16.7 Å². The monoisotopic (exact) mass is 407 g/mol. The van der Waals surface area contributed by atoms with Gasteiger partial charge in [0.05, 0.1) is 16.7 Å². The number of rotatable bonds is 7. The molecule has 146 valence electrons. The van der Waals surface area contributed by atoms with Crippen LogP contribution in [0.3, 0.4) is 0 Å². The minimum atomic E-state index is -1.37. The zero-order valence-electron chi connectivity index (χ0n) is 15.2. The molecule has 0 heterocycles. The maximum Gasteiger partial charge on any atom is 0.336 e. The highest BCUT2D eigenvalue weighted by molar-refractivity contribution is 7.98. The fourth-order valence-electron chi connectivity index (χ4n) is 2.63. The number of carbonyl (C=O) groups is 3. The van der Waals surface area contributed by atoms with Gasteiger partial charge in [0.2, 0.25) is 0 Å². The van der Waals surface area contributed by atoms with Gasteiger partial charge in [0, 0.05) is 16.3 Å². The molecule has 0 unspecified atom stereocenters. The van der Waals surface area contributed by atoms with Gasteiger partial charge in [0.25, 0.3) is 5.91 Å². The van der Waals surface area contributed by atoms with E-state index in [0.717, 1.165) is 16.7 Å². The number of aromatic carboxylic acids is 2. The predicted octanol–water partition coefficient (Wildman–Crippen LogP) is 4.63. The van der Waals surface area contributed by atoms with Crippen molar-refractivity contribution in [3.63, 3.8) is 0 Å². The summed E-state index contributed by atoms with van der Waals surface area (Å²) in [6.45, 7) is 0. The van der Waals surface area contributed by atoms with E-state index in [4.69, 9.17) is 5.11 Å². The molecule has 0 aliphatic carbocycles. The molecule has 0 aliphatic rings. The molecule has 0 bridgehead atoms. The SMILES string of the molecule is O=C(O)c1ccc(C(=O)Nc2ccc(SCc3ccccc3)cc2)c(C(=O)O)c1. The Labute approximate surface area is 171 Å². The molecule has 3 aromatic rings. The van der Waals surface area contributed by atoms with Crippen LogP contribution in [0.25, 0.3) is 0 Å². The van der Waals surface area contributed by atoms with E-state index in [0.29, 0.717) is 5.69 Å². The van der Waals surface area contributed by atoms with Crippen molar-refractivity contribution >= 4 is 35.3 Å². The first kappa shape index (κ1) is 20.2. The molecule has 0 aromatic heterocycles. The lowest BCUT2D eigenvalue weighted by atomic mass is 10.0. The van der Waals surface area contributed by atoms with Gasteiger partial charge in [-0.1, -0.05) is 30.3 Å². The predicted molar refractivity (Wildman–Crippen MR) is 111 cm³/mol. The number of carbonyl (C=O) groups excluding carboxylic acids is 1. The van der Waals surface area contributed by atoms with E-state index in [1.807, 2.05) is 30.3 Å². The van der Waals surface area contributed by atoms with Crippen molar-refractivity contribution in [3.8, 4) is 0 Å². The Morgan fingerprint density at radius 2 is 1.48 bits per heavy atom. The smallest absolute Gasteiger partial charge is 0.336 e. The molecule has 0 atom stereocenters. The Bertz CT molecular complexity index is 1050. The van der Waals surface area contributed by atoms with Crippen molar-refractivity contribution < 1.29 is 24.6 Å². The number of hydrogen-bond acceptors (Lipinski definition) is 4. The number of thioether (sulfide) groups is 1. The Balaban J connectivity index is 1.69. The molecule has 29 heavy (non-hydrogen) atoms. The van der Waals surface area contributed by atoms with Crippen LogP contribution in [0.4, 0.5) is 5.69 Å². The summed E-state index contributed by atoms with van der Waals surface area (Å²) in [6, 6.07) is 20.6. The summed E-state index contributed by atoms with van der Waals surface area (Å²) in [4.78, 5) is 36.0. The number of benzene rings is 3. The van der Waals surface area contributed by atoms with Crippen LogP contribution in [-0.2, 0) is 5.75 Å². The molecule has 1 amide bonds. The highest BCUT2D eigenvalue weighted by Crippen LogP contribution is 2.24. The second-order valence-electron chi connectivity index (χ2n) is 6.12. The average Bonchev–Trinajstić information content (AvgIpc) is 2.73. The third-order valence-electron chi connectivity index (χ3n) is 4.10. The van der Waals surface area contributed by atoms with Gasteiger partial charge in [0.1, 0.15) is 0 Å². The van der Waals surface area contributed by atoms with Gasteiger partial charge in [0.15, 0.2) is 0 Å². The van der Waals surface area contributed by atoms with Crippen LogP contribution in [0.15, 0.2) is 77.7 Å². The highest BCUT2D eigenvalue weighted by Gasteiger charge is 2.19. The van der Waals surface area contributed by atoms with Crippen LogP contribution in [0.1, 0.15) is 36.6 Å². The van der Waals surface area contributed by atoms with Crippen LogP contribution in [0.5, 0.6) is 0 Å². The Morgan fingerprint density at radius 1 is 0.793 bits per heavy atom. The summed E-state index contributed by atoms with van der Waals surface area (Å²) in [7, 11) is 0. The third kappa shape index (κ3) is 5.24. The summed E-state index contributed by atoms with van der Waals surface area (Å²) >= 11 is 1.66. The first-order valence-corrected chi connectivity index (χ1v) is 9.61. The van der Waals surface area contributed by atoms with Crippen LogP contribution < -0.4 is 5.32 Å². The summed E-state index contributed by atoms with van der Waals surface area (Å²) < 4.78 is 0. The molecule has 0 radical (unpaired) electrons. The van der Waals surface area contributed by atoms with E-state index in [9.17, 15) is 19.5 Å². The number of anilines is 1. The largest absolute Gasteiger partial charge is 0.478 e. The number of nitrogens with one attached hydrogen (secondary N) is 1. The fraction of sp³-hybridized carbons (Fsp3) is 0.0455. The van der Waals surface area contributed by atoms with Gasteiger partial charge in [-0.15, -0.1) is 11.8 Å². The second-order valence-corrected chi connectivity index (χ2v) is 7.17. The van der Waals surface area contributed by atoms with Gasteiger partial charge in [-0.3, -0.25) is 4.79 Å². The zero-order chi connectivity index (χ0) is 20.8. The molecule has 6 nitrogen and oxygen atoms in total. The molecule has 3 aromatic carbocycles. The van der Waals surface area contributed by atoms with Gasteiger partial charge < -0.3 is 15.5 Å². The standard InChI is InChI=1S/C22H17NO5S/c24-20(18-11-6-15(21(25)26)12-19(18)22(27)28)23-16-7-9-17(10-8-16)29-13-14-4-2-1-3-5-14/h1-12H,13H2,(H,23,24)(H,25,26)(H,27,28). The topological polar surface area (TPSA) is 104 Å². The Kier molecular flexibility index (Phi) is 6.31. The van der Waals surface area contributed by atoms with E-state index >= 15 is 0 Å². The van der Waals surface area contributed by atoms with Crippen LogP contribution >= 0.6 is 11.8 Å². The minimum Gasteiger partial charge on any atom is -0.478 e. The van der Waals surface area contributed by atoms with Crippen LogP contribution in [0.2, 0.25) is 0 Å². The number of carboxylic acids is 2. The highest BCUT2D eigenvalue weighted by atomic mass is 32.2. The van der Waals surface area contributed by atoms with Gasteiger partial charge in [-0.2, -0.15) is 0 Å². The van der Waals surface area contributed by atoms with Crippen molar-refractivity contribution in [1.29, 1.82) is 0 Å². The molecule has 0 spiro atoms. The van der Waals surface area contributed by atoms with Gasteiger partial charge in [-0.25, -0.2) is 9.59 Å². The van der Waals surface area contributed by atoms with Crippen molar-refractivity contribution in [2.45, 2.75) is 10.6 Å². The van der Waals surface area contributed by atoms with Gasteiger partial charge >= 0.3 is 11.9 Å². The molecular formula is C22H17NO5S. The van der Waals surface area contributed by atoms with Crippen LogP contribution in [-0.4, -0.2) is 28.1 Å². The van der Waals surface area contributed by atoms with Crippen molar-refractivity contribution in [2.75, 3.05) is 5.32 Å². The maximum atomic E-state index is 12.5. The first-order valence-electron chi connectivity index (χ1n) is 8.63. The molecule has 0 fully saturated rings. The lowest BCUT2D eigenvalue weighted by Crippen LogP contribution is -2.17. The molecule has 7 heteroatoms. The van der Waals surface area contributed by atoms with Crippen molar-refractivity contribution in [3.05, 3.63) is 95.1 Å². The Hall–Kier alpha value is -3.58. The summed E-state index contributed by atoms with van der Waals surface area (Å²) in [6.07, 6.45) is 0. The summed E-state index contributed by atoms with van der Waals surface area (Å²) in [5, 5.41) is 20.9. The third-order valence-corrected chi connectivity index (χ3v) is 5.19. The zero-order valence-corrected chi connectivity index (χ0v) is 16.0. The second kappa shape index (κ2) is 9.07. The van der Waals surface area contributed by atoms with Crippen LogP contribution in [0, 0.1) is 0 Å². The lowest BCUT2D eigenvalue weighted by molar-refractivity contribution is 0.0692. The maximum absolute atomic E-state index is 12.5. The van der Waals surface area contributed by atoms with Crippen molar-refractivity contribution in [1.82, 2.24) is 0 Å². The Morgan fingerprint density at radius 3 is 2.10 bits per heavy atom. The summed E-state index contributed by atoms with van der Waals surface area (Å²) in [5.41, 5.74) is 1.06. The number of hydrogen-bond donors (Lipinski definition) is 3. The number of amides is 1. The summed E-state index contributed by atoms with van der Waals surface area (Å²) in [5.74, 6) is -2.43. The normalized spacial score (nSPS) is 10.3. The molecule has 3 N–H and O–H groups in total. The van der Waals surface area contributed by atoms with E-state index < -0.39 is 17.8 Å². The first-order chi connectivity index (χ1) is 13.9. The lowest BCUT2D eigenvalue weighted by Gasteiger charge is -2.09. The molecule has 0 saturated carbocycles. The van der Waals surface area contributed by atoms with E-state index in [2.05, 4.69) is 17.4 Å². The van der Waals surface area contributed by atoms with Gasteiger partial charge in [-0.05, 0) is 48.0 Å². The quantitative estimate of drug-likeness (QED) is 0.494.